The van der Waals surface area contributed by atoms with Crippen LogP contribution >= 0.6 is 11.3 Å². The number of carbonyl (C=O) groups is 1. The summed E-state index contributed by atoms with van der Waals surface area (Å²) in [5.41, 5.74) is 9.80. The second-order valence-corrected chi connectivity index (χ2v) is 7.93. The van der Waals surface area contributed by atoms with E-state index >= 15 is 0 Å². The summed E-state index contributed by atoms with van der Waals surface area (Å²) in [6.45, 7) is 2.29. The smallest absolute Gasteiger partial charge is 0.293 e. The lowest BCUT2D eigenvalue weighted by molar-refractivity contribution is 0.0949. The summed E-state index contributed by atoms with van der Waals surface area (Å²) in [7, 11) is 1.88. The molecule has 0 aliphatic carbocycles. The molecule has 0 fully saturated rings. The zero-order valence-electron chi connectivity index (χ0n) is 16.8. The number of anilines is 2. The molecule has 1 aromatic carbocycles. The number of hydrogen-bond acceptors (Lipinski definition) is 10. The number of aromatic nitrogens is 5. The Kier molecular flexibility index (Phi) is 5.71. The predicted octanol–water partition coefficient (Wildman–Crippen LogP) is 2.00. The normalized spacial score (nSPS) is 11.2. The summed E-state index contributed by atoms with van der Waals surface area (Å²) in [6.07, 6.45) is 1.58. The molecule has 11 nitrogen and oxygen atoms in total. The van der Waals surface area contributed by atoms with Gasteiger partial charge >= 0.3 is 0 Å². The maximum atomic E-state index is 12.8. The monoisotopic (exact) mass is 437 g/mol. The van der Waals surface area contributed by atoms with Crippen LogP contribution in [0.25, 0.3) is 5.82 Å². The van der Waals surface area contributed by atoms with Crippen LogP contribution in [0.4, 0.5) is 11.5 Å². The van der Waals surface area contributed by atoms with Crippen molar-refractivity contribution >= 4 is 35.0 Å². The van der Waals surface area contributed by atoms with E-state index in [4.69, 9.17) is 5.73 Å². The van der Waals surface area contributed by atoms with Gasteiger partial charge in [0.2, 0.25) is 11.6 Å². The third kappa shape index (κ3) is 4.43. The number of carbonyl (C=O) groups excluding carboxylic acids is 1. The highest BCUT2D eigenvalue weighted by Gasteiger charge is 2.25. The number of para-hydroxylation sites is 1. The van der Waals surface area contributed by atoms with Gasteiger partial charge in [-0.15, -0.1) is 16.4 Å². The summed E-state index contributed by atoms with van der Waals surface area (Å²) in [5.74, 6) is -0.325. The Balaban J connectivity index is 1.62. The third-order valence-electron chi connectivity index (χ3n) is 4.38. The van der Waals surface area contributed by atoms with Gasteiger partial charge in [-0.05, 0) is 41.5 Å². The van der Waals surface area contributed by atoms with Gasteiger partial charge in [0, 0.05) is 22.5 Å². The number of hydrazone groups is 1. The molecule has 4 rings (SSSR count). The standard InChI is InChI=1S/C19H19N9O2S/c1-12-8-9-14(31-12)10-21-23-19(29)16-15(11-27(2)13-6-4-3-5-7-13)28(26-22-16)18-17(20)24-30-25-18/h3-10H,11H2,1-2H3,(H2,20,24)(H,23,29)/b21-10-. The van der Waals surface area contributed by atoms with Crippen LogP contribution in [0.15, 0.2) is 52.2 Å². The van der Waals surface area contributed by atoms with Crippen molar-refractivity contribution in [3.05, 3.63) is 63.6 Å². The Morgan fingerprint density at radius 1 is 1.29 bits per heavy atom. The van der Waals surface area contributed by atoms with Gasteiger partial charge in [-0.1, -0.05) is 23.4 Å². The lowest BCUT2D eigenvalue weighted by Gasteiger charge is -2.19. The number of rotatable bonds is 7. The number of nitrogens with one attached hydrogen (secondary N) is 1. The van der Waals surface area contributed by atoms with Crippen molar-refractivity contribution in [2.45, 2.75) is 13.5 Å². The van der Waals surface area contributed by atoms with Crippen LogP contribution in [-0.2, 0) is 6.54 Å². The molecule has 0 atom stereocenters. The number of nitrogen functional groups attached to an aromatic ring is 1. The molecule has 0 saturated carbocycles. The second-order valence-electron chi connectivity index (χ2n) is 6.61. The molecule has 3 heterocycles. The first-order chi connectivity index (χ1) is 15.0. The van der Waals surface area contributed by atoms with Gasteiger partial charge in [-0.25, -0.2) is 10.1 Å². The SMILES string of the molecule is Cc1ccc(/C=N\NC(=O)c2nnn(-c3nonc3N)c2CN(C)c2ccccc2)s1. The highest BCUT2D eigenvalue weighted by Crippen LogP contribution is 2.20. The number of aryl methyl sites for hydroxylation is 1. The van der Waals surface area contributed by atoms with E-state index < -0.39 is 5.91 Å². The Labute approximate surface area is 181 Å². The molecule has 0 aliphatic heterocycles. The molecule has 1 amide bonds. The topological polar surface area (TPSA) is 140 Å². The van der Waals surface area contributed by atoms with Crippen LogP contribution in [0.3, 0.4) is 0 Å². The Hall–Kier alpha value is -4.06. The Bertz CT molecular complexity index is 1210. The van der Waals surface area contributed by atoms with Crippen LogP contribution in [0.1, 0.15) is 25.9 Å². The summed E-state index contributed by atoms with van der Waals surface area (Å²) in [4.78, 5) is 16.8. The van der Waals surface area contributed by atoms with Crippen molar-refractivity contribution in [3.63, 3.8) is 0 Å². The average Bonchev–Trinajstić information content (AvgIpc) is 3.48. The Morgan fingerprint density at radius 2 is 2.10 bits per heavy atom. The number of hydrogen-bond donors (Lipinski definition) is 2. The van der Waals surface area contributed by atoms with E-state index in [2.05, 4.69) is 35.8 Å². The minimum Gasteiger partial charge on any atom is -0.378 e. The molecule has 0 bridgehead atoms. The first-order valence-corrected chi connectivity index (χ1v) is 10.0. The van der Waals surface area contributed by atoms with E-state index in [0.717, 1.165) is 15.4 Å². The van der Waals surface area contributed by atoms with Gasteiger partial charge in [0.1, 0.15) is 0 Å². The zero-order chi connectivity index (χ0) is 21.8. The van der Waals surface area contributed by atoms with Crippen LogP contribution in [0.5, 0.6) is 0 Å². The van der Waals surface area contributed by atoms with E-state index in [-0.39, 0.29) is 17.3 Å². The summed E-state index contributed by atoms with van der Waals surface area (Å²) in [6, 6.07) is 13.6. The molecular weight excluding hydrogens is 418 g/mol. The van der Waals surface area contributed by atoms with Crippen LogP contribution < -0.4 is 16.1 Å². The van der Waals surface area contributed by atoms with E-state index in [1.807, 2.05) is 61.3 Å². The largest absolute Gasteiger partial charge is 0.378 e. The first-order valence-electron chi connectivity index (χ1n) is 9.22. The molecule has 12 heteroatoms. The maximum Gasteiger partial charge on any atom is 0.293 e. The number of thiophene rings is 1. The van der Waals surface area contributed by atoms with Gasteiger partial charge < -0.3 is 10.6 Å². The molecule has 3 N–H and O–H groups in total. The molecule has 0 saturated heterocycles. The van der Waals surface area contributed by atoms with Gasteiger partial charge in [0.05, 0.1) is 18.5 Å². The molecule has 0 aliphatic rings. The fourth-order valence-electron chi connectivity index (χ4n) is 2.86. The third-order valence-corrected chi connectivity index (χ3v) is 5.31. The van der Waals surface area contributed by atoms with E-state index in [9.17, 15) is 4.79 Å². The first kappa shape index (κ1) is 20.2. The van der Waals surface area contributed by atoms with Gasteiger partial charge in [0.15, 0.2) is 5.69 Å². The summed E-state index contributed by atoms with van der Waals surface area (Å²) in [5, 5.41) is 19.4. The quantitative estimate of drug-likeness (QED) is 0.330. The minimum atomic E-state index is -0.512. The minimum absolute atomic E-state index is 0.0339. The molecular formula is C19H19N9O2S. The maximum absolute atomic E-state index is 12.8. The fourth-order valence-corrected chi connectivity index (χ4v) is 3.61. The second kappa shape index (κ2) is 8.75. The zero-order valence-corrected chi connectivity index (χ0v) is 17.6. The molecule has 3 aromatic heterocycles. The predicted molar refractivity (Wildman–Crippen MR) is 116 cm³/mol. The molecule has 0 spiro atoms. The summed E-state index contributed by atoms with van der Waals surface area (Å²) >= 11 is 1.57. The lowest BCUT2D eigenvalue weighted by Crippen LogP contribution is -2.24. The van der Waals surface area contributed by atoms with Gasteiger partial charge in [0.25, 0.3) is 5.91 Å². The number of nitrogens with zero attached hydrogens (tertiary/aromatic N) is 7. The lowest BCUT2D eigenvalue weighted by atomic mass is 10.2. The van der Waals surface area contributed by atoms with Crippen molar-refractivity contribution in [2.24, 2.45) is 5.10 Å². The molecule has 0 radical (unpaired) electrons. The molecule has 158 valence electrons. The molecule has 0 unspecified atom stereocenters. The van der Waals surface area contributed by atoms with E-state index in [0.29, 0.717) is 12.2 Å². The van der Waals surface area contributed by atoms with Crippen molar-refractivity contribution in [3.8, 4) is 5.82 Å². The highest BCUT2D eigenvalue weighted by molar-refractivity contribution is 7.13. The average molecular weight is 437 g/mol. The van der Waals surface area contributed by atoms with E-state index in [1.165, 1.54) is 4.68 Å². The molecule has 31 heavy (non-hydrogen) atoms. The van der Waals surface area contributed by atoms with E-state index in [1.54, 1.807) is 17.6 Å². The van der Waals surface area contributed by atoms with Crippen LogP contribution in [-0.4, -0.2) is 44.5 Å². The van der Waals surface area contributed by atoms with Crippen molar-refractivity contribution < 1.29 is 9.42 Å². The fraction of sp³-hybridized carbons (Fsp3) is 0.158. The van der Waals surface area contributed by atoms with Gasteiger partial charge in [-0.3, -0.25) is 4.79 Å². The van der Waals surface area contributed by atoms with Crippen LogP contribution in [0.2, 0.25) is 0 Å². The van der Waals surface area contributed by atoms with Crippen molar-refractivity contribution in [2.75, 3.05) is 17.7 Å². The number of nitrogens with two attached hydrogens (primary N) is 1. The van der Waals surface area contributed by atoms with Crippen molar-refractivity contribution in [1.29, 1.82) is 0 Å². The van der Waals surface area contributed by atoms with Crippen molar-refractivity contribution in [1.82, 2.24) is 30.7 Å². The van der Waals surface area contributed by atoms with Crippen LogP contribution in [0, 0.1) is 6.92 Å². The van der Waals surface area contributed by atoms with Gasteiger partial charge in [-0.2, -0.15) is 9.78 Å². The number of benzene rings is 1. The molecule has 4 aromatic rings. The highest BCUT2D eigenvalue weighted by atomic mass is 32.1. The Morgan fingerprint density at radius 3 is 2.77 bits per heavy atom. The number of amides is 1. The summed E-state index contributed by atoms with van der Waals surface area (Å²) < 4.78 is 6.02.